The van der Waals surface area contributed by atoms with Crippen LogP contribution in [0, 0.1) is 17.2 Å². The van der Waals surface area contributed by atoms with E-state index in [2.05, 4.69) is 24.1 Å². The summed E-state index contributed by atoms with van der Waals surface area (Å²) < 4.78 is 0. The van der Waals surface area contributed by atoms with Gasteiger partial charge in [-0.3, -0.25) is 0 Å². The van der Waals surface area contributed by atoms with Gasteiger partial charge in [0.15, 0.2) is 0 Å². The average molecular weight is 260 g/mol. The SMILES string of the molecule is CSc1cccc(N(C)CC2CCCC2)c1C#N. The first-order chi connectivity index (χ1) is 8.76. The summed E-state index contributed by atoms with van der Waals surface area (Å²) in [6.45, 7) is 1.08. The molecule has 1 aromatic carbocycles. The van der Waals surface area contributed by atoms with Gasteiger partial charge in [-0.15, -0.1) is 11.8 Å². The zero-order valence-electron chi connectivity index (χ0n) is 11.1. The minimum atomic E-state index is 0.805. The largest absolute Gasteiger partial charge is 0.373 e. The zero-order valence-corrected chi connectivity index (χ0v) is 12.0. The molecule has 2 nitrogen and oxygen atoms in total. The summed E-state index contributed by atoms with van der Waals surface area (Å²) in [6.07, 6.45) is 7.45. The number of rotatable bonds is 4. The fraction of sp³-hybridized carbons (Fsp3) is 0.533. The van der Waals surface area contributed by atoms with Crippen molar-refractivity contribution >= 4 is 17.4 Å². The third-order valence-corrected chi connectivity index (χ3v) is 4.53. The Kier molecular flexibility index (Phi) is 4.54. The van der Waals surface area contributed by atoms with E-state index in [9.17, 15) is 5.26 Å². The fourth-order valence-corrected chi connectivity index (χ4v) is 3.37. The molecule has 2 rings (SSSR count). The van der Waals surface area contributed by atoms with Crippen molar-refractivity contribution in [2.24, 2.45) is 5.92 Å². The molecule has 0 N–H and O–H groups in total. The van der Waals surface area contributed by atoms with Gasteiger partial charge in [0, 0.05) is 18.5 Å². The Hall–Kier alpha value is -1.14. The van der Waals surface area contributed by atoms with Crippen LogP contribution in [-0.4, -0.2) is 19.8 Å². The Morgan fingerprint density at radius 3 is 2.72 bits per heavy atom. The normalized spacial score (nSPS) is 15.6. The van der Waals surface area contributed by atoms with Crippen LogP contribution in [0.5, 0.6) is 0 Å². The van der Waals surface area contributed by atoms with Crippen molar-refractivity contribution in [3.63, 3.8) is 0 Å². The smallest absolute Gasteiger partial charge is 0.102 e. The minimum absolute atomic E-state index is 0.805. The van der Waals surface area contributed by atoms with Crippen molar-refractivity contribution in [2.75, 3.05) is 24.7 Å². The number of nitrogens with zero attached hydrogens (tertiary/aromatic N) is 2. The van der Waals surface area contributed by atoms with E-state index in [0.29, 0.717) is 0 Å². The Labute approximate surface area is 114 Å². The average Bonchev–Trinajstić information content (AvgIpc) is 2.90. The second-order valence-corrected chi connectivity index (χ2v) is 5.85. The molecule has 0 atom stereocenters. The van der Waals surface area contributed by atoms with Crippen molar-refractivity contribution in [1.82, 2.24) is 0 Å². The predicted molar refractivity (Wildman–Crippen MR) is 78.2 cm³/mol. The second-order valence-electron chi connectivity index (χ2n) is 5.00. The van der Waals surface area contributed by atoms with Crippen molar-refractivity contribution in [3.05, 3.63) is 23.8 Å². The van der Waals surface area contributed by atoms with E-state index in [1.54, 1.807) is 11.8 Å². The third-order valence-electron chi connectivity index (χ3n) is 3.75. The van der Waals surface area contributed by atoms with E-state index >= 15 is 0 Å². The Balaban J connectivity index is 2.18. The van der Waals surface area contributed by atoms with Crippen LogP contribution in [0.2, 0.25) is 0 Å². The van der Waals surface area contributed by atoms with E-state index < -0.39 is 0 Å². The van der Waals surface area contributed by atoms with Gasteiger partial charge < -0.3 is 4.90 Å². The molecule has 96 valence electrons. The quantitative estimate of drug-likeness (QED) is 0.768. The molecule has 1 aromatic rings. The highest BCUT2D eigenvalue weighted by Gasteiger charge is 2.19. The highest BCUT2D eigenvalue weighted by atomic mass is 32.2. The number of nitriles is 1. The molecule has 1 saturated carbocycles. The molecule has 1 aliphatic rings. The first-order valence-corrected chi connectivity index (χ1v) is 7.77. The highest BCUT2D eigenvalue weighted by molar-refractivity contribution is 7.98. The fourth-order valence-electron chi connectivity index (χ4n) is 2.80. The molecule has 0 aromatic heterocycles. The van der Waals surface area contributed by atoms with E-state index in [4.69, 9.17) is 0 Å². The van der Waals surface area contributed by atoms with Gasteiger partial charge in [0.05, 0.1) is 11.3 Å². The molecular weight excluding hydrogens is 240 g/mol. The lowest BCUT2D eigenvalue weighted by molar-refractivity contribution is 0.547. The summed E-state index contributed by atoms with van der Waals surface area (Å²) in [4.78, 5) is 3.34. The Morgan fingerprint density at radius 2 is 2.11 bits per heavy atom. The first kappa shape index (κ1) is 13.3. The molecule has 18 heavy (non-hydrogen) atoms. The molecule has 0 heterocycles. The Morgan fingerprint density at radius 1 is 1.39 bits per heavy atom. The van der Waals surface area contributed by atoms with Crippen molar-refractivity contribution in [1.29, 1.82) is 5.26 Å². The van der Waals surface area contributed by atoms with Crippen LogP contribution >= 0.6 is 11.8 Å². The number of hydrogen-bond acceptors (Lipinski definition) is 3. The van der Waals surface area contributed by atoms with Crippen LogP contribution in [0.1, 0.15) is 31.2 Å². The molecule has 0 bridgehead atoms. The molecule has 1 fully saturated rings. The molecule has 1 aliphatic carbocycles. The summed E-state index contributed by atoms with van der Waals surface area (Å²) in [7, 11) is 2.11. The number of thioether (sulfide) groups is 1. The van der Waals surface area contributed by atoms with Gasteiger partial charge in [-0.05, 0) is 37.1 Å². The van der Waals surface area contributed by atoms with Crippen LogP contribution < -0.4 is 4.90 Å². The van der Waals surface area contributed by atoms with Crippen LogP contribution in [-0.2, 0) is 0 Å². The maximum atomic E-state index is 9.35. The van der Waals surface area contributed by atoms with E-state index in [1.807, 2.05) is 18.4 Å². The van der Waals surface area contributed by atoms with Crippen LogP contribution in [0.4, 0.5) is 5.69 Å². The van der Waals surface area contributed by atoms with Crippen LogP contribution in [0.3, 0.4) is 0 Å². The molecule has 3 heteroatoms. The molecule has 0 aliphatic heterocycles. The number of benzene rings is 1. The van der Waals surface area contributed by atoms with Gasteiger partial charge in [-0.25, -0.2) is 0 Å². The number of anilines is 1. The Bertz CT molecular complexity index is 444. The molecule has 0 saturated heterocycles. The maximum absolute atomic E-state index is 9.35. The molecule has 0 spiro atoms. The standard InChI is InChI=1S/C15H20N2S/c1-17(11-12-6-3-4-7-12)14-8-5-9-15(18-2)13(14)10-16/h5,8-9,12H,3-4,6-7,11H2,1-2H3. The van der Waals surface area contributed by atoms with Gasteiger partial charge in [-0.2, -0.15) is 5.26 Å². The van der Waals surface area contributed by atoms with Gasteiger partial charge >= 0.3 is 0 Å². The van der Waals surface area contributed by atoms with Gasteiger partial charge in [0.1, 0.15) is 6.07 Å². The second kappa shape index (κ2) is 6.15. The van der Waals surface area contributed by atoms with Gasteiger partial charge in [0.25, 0.3) is 0 Å². The summed E-state index contributed by atoms with van der Waals surface area (Å²) in [5.74, 6) is 0.805. The zero-order chi connectivity index (χ0) is 13.0. The van der Waals surface area contributed by atoms with Gasteiger partial charge in [0.2, 0.25) is 0 Å². The topological polar surface area (TPSA) is 27.0 Å². The lowest BCUT2D eigenvalue weighted by Crippen LogP contribution is -2.24. The summed E-state index contributed by atoms with van der Waals surface area (Å²) in [5, 5.41) is 9.35. The molecular formula is C15H20N2S. The summed E-state index contributed by atoms with van der Waals surface area (Å²) in [6, 6.07) is 8.49. The molecule has 0 unspecified atom stereocenters. The van der Waals surface area contributed by atoms with Gasteiger partial charge in [-0.1, -0.05) is 18.9 Å². The molecule has 0 amide bonds. The summed E-state index contributed by atoms with van der Waals surface area (Å²) >= 11 is 1.65. The maximum Gasteiger partial charge on any atom is 0.102 e. The third kappa shape index (κ3) is 2.81. The van der Waals surface area contributed by atoms with E-state index in [1.165, 1.54) is 25.7 Å². The monoisotopic (exact) mass is 260 g/mol. The summed E-state index contributed by atoms with van der Waals surface area (Å²) in [5.41, 5.74) is 1.90. The minimum Gasteiger partial charge on any atom is -0.373 e. The lowest BCUT2D eigenvalue weighted by atomic mass is 10.1. The van der Waals surface area contributed by atoms with Crippen molar-refractivity contribution in [3.8, 4) is 6.07 Å². The van der Waals surface area contributed by atoms with Crippen LogP contribution in [0.15, 0.2) is 23.1 Å². The van der Waals surface area contributed by atoms with E-state index in [0.717, 1.165) is 28.6 Å². The molecule has 0 radical (unpaired) electrons. The van der Waals surface area contributed by atoms with Crippen molar-refractivity contribution in [2.45, 2.75) is 30.6 Å². The van der Waals surface area contributed by atoms with Crippen LogP contribution in [0.25, 0.3) is 0 Å². The van der Waals surface area contributed by atoms with E-state index in [-0.39, 0.29) is 0 Å². The first-order valence-electron chi connectivity index (χ1n) is 6.54. The highest BCUT2D eigenvalue weighted by Crippen LogP contribution is 2.31. The van der Waals surface area contributed by atoms with Crippen molar-refractivity contribution < 1.29 is 0 Å². The lowest BCUT2D eigenvalue weighted by Gasteiger charge is -2.24. The number of hydrogen-bond donors (Lipinski definition) is 0. The predicted octanol–water partition coefficient (Wildman–Crippen LogP) is 3.91.